The summed E-state index contributed by atoms with van der Waals surface area (Å²) in [6, 6.07) is 79.6. The van der Waals surface area contributed by atoms with Gasteiger partial charge in [-0.1, -0.05) is 132 Å². The van der Waals surface area contributed by atoms with E-state index in [-0.39, 0.29) is 164 Å². The van der Waals surface area contributed by atoms with Crippen LogP contribution in [0.25, 0.3) is 0 Å². The van der Waals surface area contributed by atoms with Gasteiger partial charge in [0, 0.05) is 73.0 Å². The van der Waals surface area contributed by atoms with Gasteiger partial charge in [-0.2, -0.15) is 26.6 Å². The molecule has 0 amide bonds. The van der Waals surface area contributed by atoms with Gasteiger partial charge < -0.3 is 48.3 Å². The minimum Gasteiger partial charge on any atom is -0.482 e. The van der Waals surface area contributed by atoms with Crippen LogP contribution in [0.3, 0.4) is 0 Å². The van der Waals surface area contributed by atoms with E-state index in [4.69, 9.17) is 59.3 Å². The van der Waals surface area contributed by atoms with Crippen LogP contribution in [0.4, 0.5) is 0 Å². The summed E-state index contributed by atoms with van der Waals surface area (Å²) in [6.07, 6.45) is 19.0. The third-order valence-electron chi connectivity index (χ3n) is 28.0. The van der Waals surface area contributed by atoms with Crippen molar-refractivity contribution in [3.8, 4) is 17.2 Å². The molecule has 25 nitrogen and oxygen atoms in total. The molecule has 12 atom stereocenters. The molecule has 4 bridgehead atoms. The van der Waals surface area contributed by atoms with Crippen molar-refractivity contribution in [2.24, 2.45) is 33.7 Å². The number of esters is 4. The van der Waals surface area contributed by atoms with E-state index in [1.807, 2.05) is 65.0 Å². The molecule has 7 aliphatic carbocycles. The molecule has 0 radical (unpaired) electrons. The van der Waals surface area contributed by atoms with Gasteiger partial charge in [0.1, 0.15) is 52.9 Å². The van der Waals surface area contributed by atoms with Crippen LogP contribution >= 0.6 is 12.4 Å². The number of hydrogen-bond acceptors (Lipinski definition) is 24. The smallest absolute Gasteiger partial charge is 0.482 e. The third kappa shape index (κ3) is 34.1. The maximum absolute atomic E-state index is 12.6. The number of carboxylic acids is 1. The average Bonchev–Trinajstić information content (AvgIpc) is 1.56. The Kier molecular flexibility index (Phi) is 48.4. The van der Waals surface area contributed by atoms with Crippen molar-refractivity contribution in [2.45, 2.75) is 307 Å². The molecule has 0 aromatic heterocycles. The van der Waals surface area contributed by atoms with Crippen LogP contribution in [0.5, 0.6) is 17.2 Å². The van der Waals surface area contributed by atoms with E-state index in [0.29, 0.717) is 30.4 Å². The van der Waals surface area contributed by atoms with E-state index in [2.05, 4.69) is 270 Å². The van der Waals surface area contributed by atoms with Crippen LogP contribution < -0.4 is 43.8 Å². The molecule has 12 unspecified atom stereocenters. The van der Waals surface area contributed by atoms with Gasteiger partial charge in [0.2, 0.25) is 0 Å². The number of carboxylic acid groups (broad SMARTS) is 1. The van der Waals surface area contributed by atoms with Crippen molar-refractivity contribution in [2.75, 3.05) is 53.6 Å². The Hall–Kier alpha value is -9.25. The minimum atomic E-state index is -3.41. The Balaban J connectivity index is 0.000000198. The van der Waals surface area contributed by atoms with Gasteiger partial charge >= 0.3 is 64.0 Å². The molecule has 0 spiro atoms. The van der Waals surface area contributed by atoms with E-state index in [1.54, 1.807) is 6.92 Å². The number of hydrogen-bond donors (Lipinski definition) is 2. The largest absolute Gasteiger partial charge is 1.00 e. The topological polar surface area (TPSA) is 339 Å². The number of ether oxygens (including phenoxy) is 7. The molecule has 9 aliphatic rings. The van der Waals surface area contributed by atoms with Gasteiger partial charge in [-0.3, -0.25) is 24.9 Å². The number of fused-ring (bicyclic) bond motifs is 2. The van der Waals surface area contributed by atoms with Crippen LogP contribution in [0.2, 0.25) is 0 Å². The summed E-state index contributed by atoms with van der Waals surface area (Å²) in [4.78, 5) is 79.2. The SMILES string of the molecule is C=S1(=O)OC2C3CC(CC31)C2OC(=O)CC.CCC1(O)CCCC1.CCC1(OC(=O)COc2c(C)cc([S+](c3cc[c-]cc3)c3ccccc3)cc2C)CCCC1.CCC1(OC(=O)COc2c(C)cc([S+](c3ccccc3)c3ccccc3)cc2C)CCCC1.CCN=C=NCCCN(C)C.Cc1cc([S+](c2ccccc2)c2ccccc2)cc(C)c1OCC(=O)O.Cl.O=S(=O)=O.[CH2-]C(=O)OC1C2CC3C1OS(=O)(=O)C3C2.[Na+]. The van der Waals surface area contributed by atoms with Crippen LogP contribution in [-0.2, 0) is 115 Å². The first-order valence-electron chi connectivity index (χ1n) is 50.6. The quantitative estimate of drug-likeness (QED) is 0.00469. The fraction of sp³-hybridized carbons (Fsp3) is 0.461. The fourth-order valence-electron chi connectivity index (χ4n) is 20.9. The van der Waals surface area contributed by atoms with Crippen LogP contribution in [0, 0.1) is 78.2 Å². The Morgan fingerprint density at radius 2 is 0.824 bits per heavy atom. The molecule has 2 aliphatic heterocycles. The Morgan fingerprint density at radius 1 is 0.486 bits per heavy atom. The number of carbonyl (C=O) groups excluding carboxylic acids is 4. The molecular weight excluding hydrogens is 2030 g/mol. The number of aryl methyl sites for hydroxylation is 6. The molecule has 9 aromatic carbocycles. The number of carbonyl (C=O) groups is 5. The predicted molar refractivity (Wildman–Crippen MR) is 579 cm³/mol. The van der Waals surface area contributed by atoms with Gasteiger partial charge in [-0.25, -0.2) is 28.6 Å². The number of nitrogens with zero attached hydrogens (tertiary/aromatic N) is 3. The fourth-order valence-corrected chi connectivity index (χ4v) is 31.7. The number of aliphatic imine (C=N–C) groups is 2. The summed E-state index contributed by atoms with van der Waals surface area (Å²) < 4.78 is 111. The predicted octanol–water partition coefficient (Wildman–Crippen LogP) is 18.6. The van der Waals surface area contributed by atoms with E-state index >= 15 is 0 Å². The standard InChI is InChI=1S/C29H33O3S.C29H32O3S.C22H20O3S.C11H16O4S.C9H11O5S.C8H17N3.C7H14O.ClH.Na.O3S/c2*1-4-29(17-11-12-18-29)32-27(30)21-31-28-22(2)19-26(20-23(28)3)33(24-13-7-5-8-14-24)25-15-9-6-10-16-25;1-16-13-20(14-17(2)22(16)25-15-21(23)24)26(18-9-5-3-6-10-18)19-11-7-4-8-12-19;1-3-9(12)14-10-6-4-7-8(5-6)16(2,13)15-11(7)10;1-4(10)13-8-5-2-6-7(3-5)15(11,12)14-9(6)8;1-4-9-8-10-6-5-7-11(2)3;1-2-7(8)5-3-4-6-7;;;1-4(2)3/h5-10,13-16,19-20H,4,11-12,17-18,21H2,1-3H3;5,7-10,13-16,19-20H,4,11-12,17-18,21H2,1-3H3;3-14H,15H2,1-2H3;6-8,10-11H,2-5H2,1H3;5-9H,1-3H2;4-7H2,1-3H3;8H,2-6H2,1H3;1H;;/q+1;;;;-1;;;;+1;/p+1. The molecule has 2 saturated heterocycles. The van der Waals surface area contributed by atoms with Crippen molar-refractivity contribution in [1.82, 2.24) is 4.90 Å². The second kappa shape index (κ2) is 58.6. The Bertz CT molecular complexity index is 5860. The zero-order valence-electron chi connectivity index (χ0n) is 87.7. The van der Waals surface area contributed by atoms with Crippen molar-refractivity contribution in [3.63, 3.8) is 0 Å². The molecule has 2 N–H and O–H groups in total. The molecule has 33 heteroatoms. The van der Waals surface area contributed by atoms with Crippen molar-refractivity contribution in [1.29, 1.82) is 0 Å². The summed E-state index contributed by atoms with van der Waals surface area (Å²) in [5.74, 6) is 4.35. The van der Waals surface area contributed by atoms with Gasteiger partial charge in [-0.15, -0.1) is 37.2 Å². The second-order valence-corrected chi connectivity index (χ2v) is 49.0. The van der Waals surface area contributed by atoms with Gasteiger partial charge in [-0.05, 0) is 285 Å². The van der Waals surface area contributed by atoms with Crippen LogP contribution in [0.1, 0.15) is 203 Å². The first-order valence-corrected chi connectivity index (χ1v) is 58.5. The summed E-state index contributed by atoms with van der Waals surface area (Å²) >= 11 is 0. The first-order chi connectivity index (χ1) is 69.9. The first kappa shape index (κ1) is 122. The second-order valence-electron chi connectivity index (χ2n) is 38.6. The summed E-state index contributed by atoms with van der Waals surface area (Å²) in [7, 11) is -5.48. The maximum atomic E-state index is 12.6. The van der Waals surface area contributed by atoms with Crippen molar-refractivity contribution >= 4 is 117 Å². The van der Waals surface area contributed by atoms with E-state index in [9.17, 15) is 41.7 Å². The van der Waals surface area contributed by atoms with E-state index in [1.165, 1.54) is 56.9 Å². The molecule has 2 heterocycles. The van der Waals surface area contributed by atoms with Crippen molar-refractivity contribution in [3.05, 3.63) is 259 Å². The summed E-state index contributed by atoms with van der Waals surface area (Å²) in [5, 5.41) is 18.1. The third-order valence-corrected chi connectivity index (χ3v) is 38.3. The van der Waals surface area contributed by atoms with Crippen molar-refractivity contribution < 1.29 is 131 Å². The number of aliphatic carboxylic acids is 1. The summed E-state index contributed by atoms with van der Waals surface area (Å²) in [5.41, 5.74) is 5.19. The molecule has 7 saturated carbocycles. The molecule has 9 fully saturated rings. The van der Waals surface area contributed by atoms with Crippen LogP contribution in [-0.4, -0.2) is 187 Å². The monoisotopic (exact) mass is 2170 g/mol. The average molecular weight is 2170 g/mol. The van der Waals surface area contributed by atoms with Gasteiger partial charge in [0.15, 0.2) is 65.0 Å². The van der Waals surface area contributed by atoms with E-state index in [0.717, 1.165) is 174 Å². The number of aliphatic hydroxyl groups is 1. The number of rotatable bonds is 31. The Labute approximate surface area is 914 Å². The normalized spacial score (nSPS) is 21.8. The summed E-state index contributed by atoms with van der Waals surface area (Å²) in [6.45, 7) is 27.5. The minimum absolute atomic E-state index is 0. The number of benzene rings is 9. The molecule has 794 valence electrons. The molecule has 9 aromatic rings. The zero-order valence-corrected chi connectivity index (χ0v) is 95.5. The Morgan fingerprint density at radius 3 is 1.16 bits per heavy atom. The zero-order chi connectivity index (χ0) is 105. The van der Waals surface area contributed by atoms with E-state index < -0.39 is 54.7 Å². The van der Waals surface area contributed by atoms with Gasteiger partial charge in [0.25, 0.3) is 10.1 Å². The molecular formula is C115H145ClN3NaO22S6+2. The molecule has 18 rings (SSSR count). The maximum Gasteiger partial charge on any atom is 1.00 e. The van der Waals surface area contributed by atoms with Crippen LogP contribution in [0.15, 0.2) is 266 Å². The molecule has 148 heavy (non-hydrogen) atoms. The number of halogens is 1. The van der Waals surface area contributed by atoms with Gasteiger partial charge in [0.05, 0.1) is 76.0 Å².